The van der Waals surface area contributed by atoms with Gasteiger partial charge in [-0.05, 0) is 41.5 Å². The summed E-state index contributed by atoms with van der Waals surface area (Å²) in [6.45, 7) is 1.85. The van der Waals surface area contributed by atoms with Crippen LogP contribution in [0.4, 0.5) is 0 Å². The molecule has 0 fully saturated rings. The molecule has 7 heteroatoms. The van der Waals surface area contributed by atoms with Gasteiger partial charge in [-0.15, -0.1) is 0 Å². The summed E-state index contributed by atoms with van der Waals surface area (Å²) in [5.41, 5.74) is 2.15. The normalized spacial score (nSPS) is 12.7. The summed E-state index contributed by atoms with van der Waals surface area (Å²) in [6.07, 6.45) is 0.0719. The molecule has 3 aromatic carbocycles. The Balaban J connectivity index is 1.52. The van der Waals surface area contributed by atoms with Crippen molar-refractivity contribution in [2.24, 2.45) is 0 Å². The van der Waals surface area contributed by atoms with E-state index in [2.05, 4.69) is 0 Å². The highest BCUT2D eigenvalue weighted by Crippen LogP contribution is 2.36. The van der Waals surface area contributed by atoms with Crippen molar-refractivity contribution < 1.29 is 33.3 Å². The van der Waals surface area contributed by atoms with Gasteiger partial charge >= 0.3 is 5.97 Å². The third-order valence-corrected chi connectivity index (χ3v) is 4.81. The van der Waals surface area contributed by atoms with Crippen LogP contribution < -0.4 is 18.9 Å². The van der Waals surface area contributed by atoms with Crippen molar-refractivity contribution in [3.63, 3.8) is 0 Å². The summed E-state index contributed by atoms with van der Waals surface area (Å²) in [5, 5.41) is 0. The largest absolute Gasteiger partial charge is 0.485 e. The highest BCUT2D eigenvalue weighted by atomic mass is 16.7. The number of rotatable bonds is 9. The molecule has 0 bridgehead atoms. The molecule has 7 nitrogen and oxygen atoms in total. The predicted molar refractivity (Wildman–Crippen MR) is 115 cm³/mol. The first-order chi connectivity index (χ1) is 15.6. The number of benzene rings is 3. The molecule has 1 aliphatic heterocycles. The third-order valence-electron chi connectivity index (χ3n) is 4.81. The lowest BCUT2D eigenvalue weighted by Gasteiger charge is -2.20. The second-order valence-corrected chi connectivity index (χ2v) is 7.12. The summed E-state index contributed by atoms with van der Waals surface area (Å²) < 4.78 is 28.1. The second-order valence-electron chi connectivity index (χ2n) is 7.12. The molecule has 1 aliphatic rings. The molecule has 0 N–H and O–H groups in total. The fourth-order valence-electron chi connectivity index (χ4n) is 3.24. The zero-order chi connectivity index (χ0) is 22.3. The lowest BCUT2D eigenvalue weighted by molar-refractivity contribution is -0.148. The van der Waals surface area contributed by atoms with Crippen LogP contribution >= 0.6 is 0 Å². The third kappa shape index (κ3) is 5.18. The van der Waals surface area contributed by atoms with Crippen molar-refractivity contribution in [2.75, 3.05) is 13.4 Å². The Kier molecular flexibility index (Phi) is 6.55. The van der Waals surface area contributed by atoms with E-state index in [-0.39, 0.29) is 13.4 Å². The quantitative estimate of drug-likeness (QED) is 0.363. The fraction of sp³-hybridized carbons (Fsp3) is 0.200. The Bertz CT molecular complexity index is 1090. The van der Waals surface area contributed by atoms with Crippen molar-refractivity contribution in [3.05, 3.63) is 83.4 Å². The van der Waals surface area contributed by atoms with Crippen molar-refractivity contribution >= 4 is 12.3 Å². The van der Waals surface area contributed by atoms with Crippen LogP contribution in [0.5, 0.6) is 23.0 Å². The molecule has 1 heterocycles. The van der Waals surface area contributed by atoms with E-state index in [0.29, 0.717) is 40.7 Å². The maximum atomic E-state index is 11.7. The Morgan fingerprint density at radius 1 is 0.969 bits per heavy atom. The highest BCUT2D eigenvalue weighted by Gasteiger charge is 2.21. The smallest absolute Gasteiger partial charge is 0.303 e. The number of hydrogen-bond donors (Lipinski definition) is 0. The zero-order valence-electron chi connectivity index (χ0n) is 17.5. The van der Waals surface area contributed by atoms with E-state index in [1.165, 1.54) is 6.92 Å². The van der Waals surface area contributed by atoms with Gasteiger partial charge in [0.25, 0.3) is 0 Å². The van der Waals surface area contributed by atoms with Crippen molar-refractivity contribution in [3.8, 4) is 23.0 Å². The van der Waals surface area contributed by atoms with Gasteiger partial charge in [0, 0.05) is 12.5 Å². The second kappa shape index (κ2) is 9.87. The van der Waals surface area contributed by atoms with E-state index < -0.39 is 12.1 Å². The predicted octanol–water partition coefficient (Wildman–Crippen LogP) is 4.49. The molecule has 164 valence electrons. The van der Waals surface area contributed by atoms with Crippen LogP contribution in [0.1, 0.15) is 34.5 Å². The summed E-state index contributed by atoms with van der Waals surface area (Å²) in [4.78, 5) is 22.9. The van der Waals surface area contributed by atoms with Gasteiger partial charge in [-0.25, -0.2) is 0 Å². The number of carbonyl (C=O) groups excluding carboxylic acids is 2. The average Bonchev–Trinajstić information content (AvgIpc) is 3.29. The van der Waals surface area contributed by atoms with Crippen LogP contribution in [-0.2, 0) is 16.1 Å². The Hall–Kier alpha value is -4.00. The van der Waals surface area contributed by atoms with E-state index in [1.54, 1.807) is 36.4 Å². The van der Waals surface area contributed by atoms with Gasteiger partial charge in [-0.3, -0.25) is 9.59 Å². The van der Waals surface area contributed by atoms with E-state index in [4.69, 9.17) is 23.7 Å². The highest BCUT2D eigenvalue weighted by molar-refractivity contribution is 5.76. The van der Waals surface area contributed by atoms with E-state index >= 15 is 0 Å². The first-order valence-electron chi connectivity index (χ1n) is 10.1. The minimum absolute atomic E-state index is 0.0430. The summed E-state index contributed by atoms with van der Waals surface area (Å²) in [5.74, 6) is 1.64. The van der Waals surface area contributed by atoms with Gasteiger partial charge in [0.1, 0.15) is 19.5 Å². The van der Waals surface area contributed by atoms with E-state index in [0.717, 1.165) is 11.8 Å². The van der Waals surface area contributed by atoms with Gasteiger partial charge in [0.05, 0.1) is 0 Å². The first kappa shape index (κ1) is 21.2. The Morgan fingerprint density at radius 3 is 2.56 bits per heavy atom. The lowest BCUT2D eigenvalue weighted by Crippen LogP contribution is -2.17. The van der Waals surface area contributed by atoms with Crippen LogP contribution in [0.25, 0.3) is 0 Å². The lowest BCUT2D eigenvalue weighted by atomic mass is 10.1. The fourth-order valence-corrected chi connectivity index (χ4v) is 3.24. The molecule has 0 radical (unpaired) electrons. The molecule has 0 aromatic heterocycles. The number of hydrogen-bond acceptors (Lipinski definition) is 7. The molecule has 3 aromatic rings. The van der Waals surface area contributed by atoms with Crippen LogP contribution in [0.3, 0.4) is 0 Å². The maximum Gasteiger partial charge on any atom is 0.303 e. The Morgan fingerprint density at radius 2 is 1.78 bits per heavy atom. The van der Waals surface area contributed by atoms with Crippen molar-refractivity contribution in [1.82, 2.24) is 0 Å². The summed E-state index contributed by atoms with van der Waals surface area (Å²) in [7, 11) is 0. The number of esters is 1. The monoisotopic (exact) mass is 434 g/mol. The first-order valence-corrected chi connectivity index (χ1v) is 10.1. The van der Waals surface area contributed by atoms with Gasteiger partial charge in [-0.2, -0.15) is 0 Å². The molecular weight excluding hydrogens is 412 g/mol. The number of fused-ring (bicyclic) bond motifs is 1. The van der Waals surface area contributed by atoms with E-state index in [1.807, 2.05) is 30.3 Å². The van der Waals surface area contributed by atoms with Gasteiger partial charge in [0.15, 0.2) is 29.1 Å². The molecule has 0 unspecified atom stereocenters. The summed E-state index contributed by atoms with van der Waals surface area (Å²) in [6, 6.07) is 19.9. The molecular formula is C25H22O7. The Labute approximate surface area is 185 Å². The number of aldehydes is 1. The van der Waals surface area contributed by atoms with Gasteiger partial charge in [-0.1, -0.05) is 36.4 Å². The minimum Gasteiger partial charge on any atom is -0.485 e. The van der Waals surface area contributed by atoms with Crippen molar-refractivity contribution in [2.45, 2.75) is 19.6 Å². The average molecular weight is 434 g/mol. The topological polar surface area (TPSA) is 80.3 Å². The van der Waals surface area contributed by atoms with Gasteiger partial charge in [0.2, 0.25) is 6.79 Å². The molecule has 0 saturated carbocycles. The number of carbonyl (C=O) groups is 2. The standard InChI is InChI=1S/C25H22O7/c1-17(27)32-25(20-8-10-22-24(12-20)31-16-30-22)15-29-21-9-7-19(13-26)11-23(21)28-14-18-5-3-2-4-6-18/h2-13,25H,14-16H2,1H3/t25-/m0/s1. The molecule has 0 amide bonds. The SMILES string of the molecule is CC(=O)O[C@@H](COc1ccc(C=O)cc1OCc1ccccc1)c1ccc2c(c1)OCO2. The van der Waals surface area contributed by atoms with Crippen molar-refractivity contribution in [1.29, 1.82) is 0 Å². The van der Waals surface area contributed by atoms with Crippen LogP contribution in [-0.4, -0.2) is 25.7 Å². The molecule has 4 rings (SSSR count). The molecule has 0 spiro atoms. The van der Waals surface area contributed by atoms with E-state index in [9.17, 15) is 9.59 Å². The molecule has 32 heavy (non-hydrogen) atoms. The maximum absolute atomic E-state index is 11.7. The summed E-state index contributed by atoms with van der Waals surface area (Å²) >= 11 is 0. The molecule has 0 aliphatic carbocycles. The van der Waals surface area contributed by atoms with Gasteiger partial charge < -0.3 is 23.7 Å². The number of ether oxygens (including phenoxy) is 5. The minimum atomic E-state index is -0.672. The molecule has 0 saturated heterocycles. The van der Waals surface area contributed by atoms with Crippen LogP contribution in [0.15, 0.2) is 66.7 Å². The van der Waals surface area contributed by atoms with Crippen LogP contribution in [0, 0.1) is 0 Å². The zero-order valence-corrected chi connectivity index (χ0v) is 17.5. The molecule has 1 atom stereocenters. The van der Waals surface area contributed by atoms with Crippen LogP contribution in [0.2, 0.25) is 0 Å².